The lowest BCUT2D eigenvalue weighted by Crippen LogP contribution is -2.30. The van der Waals surface area contributed by atoms with Crippen LogP contribution in [0.25, 0.3) is 10.9 Å². The largest absolute Gasteiger partial charge is 0.361 e. The van der Waals surface area contributed by atoms with Crippen LogP contribution in [-0.4, -0.2) is 34.8 Å². The SMILES string of the molecule is Cc1ccc2[nH]cc(CCN3CC(C(=O)Nc4ccc(Br)cc4F)CC3=O)c2c1. The monoisotopic (exact) mass is 457 g/mol. The molecule has 1 unspecified atom stereocenters. The summed E-state index contributed by atoms with van der Waals surface area (Å²) in [4.78, 5) is 29.9. The smallest absolute Gasteiger partial charge is 0.229 e. The number of halogens is 2. The van der Waals surface area contributed by atoms with E-state index in [1.54, 1.807) is 11.0 Å². The summed E-state index contributed by atoms with van der Waals surface area (Å²) in [7, 11) is 0. The maximum Gasteiger partial charge on any atom is 0.229 e. The molecule has 2 heterocycles. The van der Waals surface area contributed by atoms with Crippen LogP contribution in [0, 0.1) is 18.7 Å². The Morgan fingerprint density at radius 3 is 2.93 bits per heavy atom. The summed E-state index contributed by atoms with van der Waals surface area (Å²) in [5, 5.41) is 3.77. The van der Waals surface area contributed by atoms with E-state index in [9.17, 15) is 14.0 Å². The van der Waals surface area contributed by atoms with Crippen LogP contribution >= 0.6 is 15.9 Å². The molecule has 1 atom stereocenters. The predicted molar refractivity (Wildman–Crippen MR) is 114 cm³/mol. The average molecular weight is 458 g/mol. The fourth-order valence-electron chi connectivity index (χ4n) is 3.74. The Hall–Kier alpha value is -2.67. The number of amides is 2. The fraction of sp³-hybridized carbons (Fsp3) is 0.273. The molecule has 1 saturated heterocycles. The van der Waals surface area contributed by atoms with Crippen LogP contribution < -0.4 is 5.32 Å². The molecule has 1 fully saturated rings. The molecule has 0 spiro atoms. The van der Waals surface area contributed by atoms with Gasteiger partial charge in [-0.05, 0) is 49.2 Å². The number of aromatic amines is 1. The summed E-state index contributed by atoms with van der Waals surface area (Å²) < 4.78 is 14.6. The Labute approximate surface area is 176 Å². The van der Waals surface area contributed by atoms with Crippen molar-refractivity contribution in [3.8, 4) is 0 Å². The standard InChI is InChI=1S/C22H21BrFN3O2/c1-13-2-4-19-17(8-13)14(11-25-19)6-7-27-12-15(9-21(27)28)22(29)26-20-5-3-16(23)10-18(20)24/h2-5,8,10-11,15,25H,6-7,9,12H2,1H3,(H,26,29). The minimum absolute atomic E-state index is 0.0440. The van der Waals surface area contributed by atoms with Crippen molar-refractivity contribution in [2.75, 3.05) is 18.4 Å². The van der Waals surface area contributed by atoms with Gasteiger partial charge in [0.05, 0.1) is 11.6 Å². The molecule has 2 aromatic carbocycles. The number of nitrogens with zero attached hydrogens (tertiary/aromatic N) is 1. The Morgan fingerprint density at radius 2 is 2.14 bits per heavy atom. The van der Waals surface area contributed by atoms with E-state index in [0.717, 1.165) is 16.5 Å². The number of aryl methyl sites for hydroxylation is 1. The van der Waals surface area contributed by atoms with Crippen LogP contribution in [0.5, 0.6) is 0 Å². The first-order valence-corrected chi connectivity index (χ1v) is 10.3. The van der Waals surface area contributed by atoms with Crippen molar-refractivity contribution in [2.45, 2.75) is 19.8 Å². The van der Waals surface area contributed by atoms with Crippen LogP contribution in [0.1, 0.15) is 17.5 Å². The van der Waals surface area contributed by atoms with Crippen molar-refractivity contribution in [3.63, 3.8) is 0 Å². The lowest BCUT2D eigenvalue weighted by molar-refractivity contribution is -0.128. The van der Waals surface area contributed by atoms with Gasteiger partial charge in [-0.15, -0.1) is 0 Å². The second-order valence-electron chi connectivity index (χ2n) is 7.47. The average Bonchev–Trinajstić information content (AvgIpc) is 3.25. The molecule has 1 aromatic heterocycles. The minimum atomic E-state index is -0.511. The molecule has 0 aliphatic carbocycles. The van der Waals surface area contributed by atoms with E-state index in [1.165, 1.54) is 17.7 Å². The van der Waals surface area contributed by atoms with Crippen molar-refractivity contribution in [2.24, 2.45) is 5.92 Å². The van der Waals surface area contributed by atoms with E-state index < -0.39 is 11.7 Å². The Bertz CT molecular complexity index is 1090. The molecule has 0 bridgehead atoms. The molecule has 3 aromatic rings. The molecule has 2 N–H and O–H groups in total. The summed E-state index contributed by atoms with van der Waals surface area (Å²) >= 11 is 3.19. The molecule has 4 rings (SSSR count). The number of likely N-dealkylation sites (tertiary alicyclic amines) is 1. The molecule has 0 radical (unpaired) electrons. The van der Waals surface area contributed by atoms with Gasteiger partial charge >= 0.3 is 0 Å². The molecule has 5 nitrogen and oxygen atoms in total. The van der Waals surface area contributed by atoms with Gasteiger partial charge in [0, 0.05) is 41.1 Å². The van der Waals surface area contributed by atoms with Crippen molar-refractivity contribution >= 4 is 44.3 Å². The molecule has 1 aliphatic heterocycles. The number of benzene rings is 2. The summed E-state index contributed by atoms with van der Waals surface area (Å²) in [5.41, 5.74) is 3.54. The second-order valence-corrected chi connectivity index (χ2v) is 8.38. The molecule has 2 amide bonds. The van der Waals surface area contributed by atoms with Gasteiger partial charge in [-0.1, -0.05) is 27.6 Å². The van der Waals surface area contributed by atoms with Crippen molar-refractivity contribution in [3.05, 3.63) is 64.0 Å². The highest BCUT2D eigenvalue weighted by atomic mass is 79.9. The molecular formula is C22H21BrFN3O2. The van der Waals surface area contributed by atoms with E-state index >= 15 is 0 Å². The van der Waals surface area contributed by atoms with E-state index in [4.69, 9.17) is 0 Å². The zero-order valence-electron chi connectivity index (χ0n) is 16.0. The van der Waals surface area contributed by atoms with Crippen molar-refractivity contribution in [1.82, 2.24) is 9.88 Å². The van der Waals surface area contributed by atoms with Crippen LogP contribution in [0.3, 0.4) is 0 Å². The van der Waals surface area contributed by atoms with Crippen molar-refractivity contribution in [1.29, 1.82) is 0 Å². The van der Waals surface area contributed by atoms with Crippen LogP contribution in [0.2, 0.25) is 0 Å². The lowest BCUT2D eigenvalue weighted by atomic mass is 10.1. The highest BCUT2D eigenvalue weighted by Crippen LogP contribution is 2.25. The number of aromatic nitrogens is 1. The first-order valence-electron chi connectivity index (χ1n) is 9.51. The number of H-pyrrole nitrogens is 1. The van der Waals surface area contributed by atoms with Crippen molar-refractivity contribution < 1.29 is 14.0 Å². The summed E-state index contributed by atoms with van der Waals surface area (Å²) in [5.74, 6) is -1.36. The van der Waals surface area contributed by atoms with Gasteiger partial charge in [0.1, 0.15) is 5.82 Å². The number of hydrogen-bond donors (Lipinski definition) is 2. The summed E-state index contributed by atoms with van der Waals surface area (Å²) in [6.45, 7) is 2.96. The number of fused-ring (bicyclic) bond motifs is 1. The number of nitrogens with one attached hydrogen (secondary N) is 2. The van der Waals surface area contributed by atoms with Gasteiger partial charge in [0.2, 0.25) is 11.8 Å². The molecule has 150 valence electrons. The predicted octanol–water partition coefficient (Wildman–Crippen LogP) is 4.41. The number of anilines is 1. The van der Waals surface area contributed by atoms with E-state index in [2.05, 4.69) is 51.4 Å². The quantitative estimate of drug-likeness (QED) is 0.595. The third-order valence-corrected chi connectivity index (χ3v) is 5.84. The minimum Gasteiger partial charge on any atom is -0.361 e. The van der Waals surface area contributed by atoms with Gasteiger partial charge in [-0.25, -0.2) is 4.39 Å². The lowest BCUT2D eigenvalue weighted by Gasteiger charge is -2.16. The molecule has 7 heteroatoms. The van der Waals surface area contributed by atoms with E-state index in [1.807, 2.05) is 6.20 Å². The van der Waals surface area contributed by atoms with Gasteiger partial charge in [-0.2, -0.15) is 0 Å². The second kappa shape index (κ2) is 7.99. The van der Waals surface area contributed by atoms with Gasteiger partial charge in [0.15, 0.2) is 0 Å². The highest BCUT2D eigenvalue weighted by molar-refractivity contribution is 9.10. The maximum absolute atomic E-state index is 14.0. The first kappa shape index (κ1) is 19.6. The molecule has 29 heavy (non-hydrogen) atoms. The third kappa shape index (κ3) is 4.19. The number of carbonyl (C=O) groups excluding carboxylic acids is 2. The highest BCUT2D eigenvalue weighted by Gasteiger charge is 2.34. The zero-order chi connectivity index (χ0) is 20.5. The number of rotatable bonds is 5. The maximum atomic E-state index is 14.0. The zero-order valence-corrected chi connectivity index (χ0v) is 17.6. The van der Waals surface area contributed by atoms with Crippen LogP contribution in [-0.2, 0) is 16.0 Å². The number of carbonyl (C=O) groups is 2. The van der Waals surface area contributed by atoms with Gasteiger partial charge in [-0.3, -0.25) is 9.59 Å². The summed E-state index contributed by atoms with van der Waals surface area (Å²) in [6, 6.07) is 10.7. The van der Waals surface area contributed by atoms with E-state index in [0.29, 0.717) is 24.0 Å². The number of hydrogen-bond acceptors (Lipinski definition) is 2. The molecule has 1 aliphatic rings. The molecule has 0 saturated carbocycles. The Kier molecular flexibility index (Phi) is 5.41. The molecular weight excluding hydrogens is 437 g/mol. The first-order chi connectivity index (χ1) is 13.9. The van der Waals surface area contributed by atoms with Gasteiger partial charge < -0.3 is 15.2 Å². The van der Waals surface area contributed by atoms with Gasteiger partial charge in [0.25, 0.3) is 0 Å². The Morgan fingerprint density at radius 1 is 1.31 bits per heavy atom. The Balaban J connectivity index is 1.38. The fourth-order valence-corrected chi connectivity index (χ4v) is 4.08. The van der Waals surface area contributed by atoms with Crippen LogP contribution in [0.15, 0.2) is 47.1 Å². The third-order valence-electron chi connectivity index (χ3n) is 5.35. The van der Waals surface area contributed by atoms with Crippen LogP contribution in [0.4, 0.5) is 10.1 Å². The topological polar surface area (TPSA) is 65.2 Å². The normalized spacial score (nSPS) is 16.6. The summed E-state index contributed by atoms with van der Waals surface area (Å²) in [6.07, 6.45) is 2.84. The van der Waals surface area contributed by atoms with E-state index in [-0.39, 0.29) is 23.9 Å².